The van der Waals surface area contributed by atoms with Gasteiger partial charge in [-0.25, -0.2) is 0 Å². The van der Waals surface area contributed by atoms with Crippen molar-refractivity contribution in [2.24, 2.45) is 0 Å². The minimum Gasteiger partial charge on any atom is -0.383 e. The third-order valence-electron chi connectivity index (χ3n) is 3.18. The van der Waals surface area contributed by atoms with Crippen molar-refractivity contribution in [2.75, 3.05) is 26.8 Å². The lowest BCUT2D eigenvalue weighted by atomic mass is 10.2. The molecular weight excluding hydrogens is 345 g/mol. The van der Waals surface area contributed by atoms with Gasteiger partial charge in [-0.05, 0) is 12.1 Å². The highest BCUT2D eigenvalue weighted by Crippen LogP contribution is 2.21. The molecule has 0 amide bonds. The second kappa shape index (κ2) is 8.03. The first-order valence-corrected chi connectivity index (χ1v) is 7.14. The van der Waals surface area contributed by atoms with Crippen LogP contribution in [0.5, 0.6) is 0 Å². The van der Waals surface area contributed by atoms with Crippen LogP contribution in [-0.2, 0) is 11.3 Å². The van der Waals surface area contributed by atoms with Crippen molar-refractivity contribution < 1.29 is 27.4 Å². The number of ether oxygens (including phenoxy) is 1. The number of benzene rings is 1. The van der Waals surface area contributed by atoms with Crippen molar-refractivity contribution in [3.8, 4) is 11.4 Å². The number of rotatable bonds is 8. The largest absolute Gasteiger partial charge is 0.401 e. The summed E-state index contributed by atoms with van der Waals surface area (Å²) in [4.78, 5) is 15.2. The van der Waals surface area contributed by atoms with Gasteiger partial charge in [-0.1, -0.05) is 5.16 Å². The van der Waals surface area contributed by atoms with E-state index in [0.29, 0.717) is 5.56 Å². The highest BCUT2D eigenvalue weighted by Gasteiger charge is 2.31. The lowest BCUT2D eigenvalue weighted by molar-refractivity contribution is -0.384. The number of halogens is 3. The van der Waals surface area contributed by atoms with Crippen LogP contribution in [0.15, 0.2) is 28.8 Å². The zero-order valence-electron chi connectivity index (χ0n) is 13.2. The number of hydrogen-bond donors (Lipinski definition) is 0. The SMILES string of the molecule is COCCN(Cc1nc(-c2ccc([N+](=O)[O-])cc2)no1)CC(F)(F)F. The highest BCUT2D eigenvalue weighted by molar-refractivity contribution is 5.56. The number of nitro benzene ring substituents is 1. The number of nitrogens with zero attached hydrogens (tertiary/aromatic N) is 4. The Morgan fingerprint density at radius 1 is 1.32 bits per heavy atom. The molecule has 0 aliphatic rings. The van der Waals surface area contributed by atoms with E-state index in [0.717, 1.165) is 4.90 Å². The third-order valence-corrected chi connectivity index (χ3v) is 3.18. The summed E-state index contributed by atoms with van der Waals surface area (Å²) in [6.45, 7) is -1.15. The number of nitro groups is 1. The van der Waals surface area contributed by atoms with Crippen LogP contribution in [0, 0.1) is 10.1 Å². The van der Waals surface area contributed by atoms with Crippen LogP contribution in [0.1, 0.15) is 5.89 Å². The predicted octanol–water partition coefficient (Wildman–Crippen LogP) is 2.66. The van der Waals surface area contributed by atoms with Gasteiger partial charge in [0.15, 0.2) is 0 Å². The zero-order chi connectivity index (χ0) is 18.4. The number of aromatic nitrogens is 2. The Labute approximate surface area is 140 Å². The van der Waals surface area contributed by atoms with Crippen LogP contribution in [0.25, 0.3) is 11.4 Å². The maximum atomic E-state index is 12.6. The molecule has 0 radical (unpaired) electrons. The van der Waals surface area contributed by atoms with E-state index < -0.39 is 17.6 Å². The Balaban J connectivity index is 2.08. The number of alkyl halides is 3. The molecule has 8 nitrogen and oxygen atoms in total. The van der Waals surface area contributed by atoms with Crippen LogP contribution in [-0.4, -0.2) is 52.9 Å². The van der Waals surface area contributed by atoms with Crippen LogP contribution < -0.4 is 0 Å². The average molecular weight is 360 g/mol. The second-order valence-corrected chi connectivity index (χ2v) is 5.13. The van der Waals surface area contributed by atoms with Gasteiger partial charge in [0.25, 0.3) is 5.69 Å². The fourth-order valence-electron chi connectivity index (χ4n) is 2.05. The molecule has 0 bridgehead atoms. The summed E-state index contributed by atoms with van der Waals surface area (Å²) >= 11 is 0. The molecule has 0 unspecified atom stereocenters. The smallest absolute Gasteiger partial charge is 0.383 e. The second-order valence-electron chi connectivity index (χ2n) is 5.13. The molecule has 0 spiro atoms. The molecule has 0 atom stereocenters. The lowest BCUT2D eigenvalue weighted by Gasteiger charge is -2.21. The zero-order valence-corrected chi connectivity index (χ0v) is 13.2. The van der Waals surface area contributed by atoms with E-state index in [-0.39, 0.29) is 37.1 Å². The number of non-ortho nitro benzene ring substituents is 1. The fraction of sp³-hybridized carbons (Fsp3) is 0.429. The number of hydrogen-bond acceptors (Lipinski definition) is 7. The minimum absolute atomic E-state index is 0.00806. The summed E-state index contributed by atoms with van der Waals surface area (Å²) in [5.41, 5.74) is 0.364. The molecule has 1 aromatic carbocycles. The molecule has 1 heterocycles. The van der Waals surface area contributed by atoms with E-state index in [1.165, 1.54) is 31.4 Å². The van der Waals surface area contributed by atoms with Crippen LogP contribution in [0.4, 0.5) is 18.9 Å². The molecular formula is C14H15F3N4O4. The Kier molecular flexibility index (Phi) is 6.04. The summed E-state index contributed by atoms with van der Waals surface area (Å²) in [5, 5.41) is 14.3. The van der Waals surface area contributed by atoms with E-state index in [9.17, 15) is 23.3 Å². The Morgan fingerprint density at radius 3 is 2.56 bits per heavy atom. The van der Waals surface area contributed by atoms with Gasteiger partial charge in [-0.3, -0.25) is 15.0 Å². The highest BCUT2D eigenvalue weighted by atomic mass is 19.4. The van der Waals surface area contributed by atoms with Crippen molar-refractivity contribution >= 4 is 5.69 Å². The molecule has 0 fully saturated rings. The first kappa shape index (κ1) is 18.8. The molecule has 0 aliphatic carbocycles. The molecule has 0 N–H and O–H groups in total. The topological polar surface area (TPSA) is 94.5 Å². The van der Waals surface area contributed by atoms with Crippen molar-refractivity contribution in [2.45, 2.75) is 12.7 Å². The van der Waals surface area contributed by atoms with Crippen molar-refractivity contribution in [3.63, 3.8) is 0 Å². The van der Waals surface area contributed by atoms with Crippen molar-refractivity contribution in [1.29, 1.82) is 0 Å². The third kappa shape index (κ3) is 5.80. The summed E-state index contributed by atoms with van der Waals surface area (Å²) in [7, 11) is 1.39. The Hall–Kier alpha value is -2.53. The molecule has 0 saturated heterocycles. The van der Waals surface area contributed by atoms with E-state index in [1.807, 2.05) is 0 Å². The summed E-state index contributed by atoms with van der Waals surface area (Å²) < 4.78 is 47.6. The normalized spacial score (nSPS) is 11.9. The van der Waals surface area contributed by atoms with Crippen molar-refractivity contribution in [1.82, 2.24) is 15.0 Å². The summed E-state index contributed by atoms with van der Waals surface area (Å²) in [5.74, 6) is 0.150. The predicted molar refractivity (Wildman–Crippen MR) is 79.6 cm³/mol. The molecule has 0 aliphatic heterocycles. The van der Waals surface area contributed by atoms with Crippen LogP contribution in [0.3, 0.4) is 0 Å². The standard InChI is InChI=1S/C14H15F3N4O4/c1-24-7-6-20(9-14(15,16)17)8-12-18-13(19-25-12)10-2-4-11(5-3-10)21(22)23/h2-5H,6-9H2,1H3. The Bertz CT molecular complexity index is 703. The van der Waals surface area contributed by atoms with Gasteiger partial charge in [0.05, 0.1) is 24.6 Å². The lowest BCUT2D eigenvalue weighted by Crippen LogP contribution is -2.36. The van der Waals surface area contributed by atoms with Gasteiger partial charge >= 0.3 is 6.18 Å². The van der Waals surface area contributed by atoms with Crippen LogP contribution >= 0.6 is 0 Å². The van der Waals surface area contributed by atoms with Crippen LogP contribution in [0.2, 0.25) is 0 Å². The molecule has 1 aromatic heterocycles. The van der Waals surface area contributed by atoms with Gasteiger partial charge in [0.1, 0.15) is 0 Å². The number of methoxy groups -OCH3 is 1. The maximum absolute atomic E-state index is 12.6. The van der Waals surface area contributed by atoms with E-state index in [1.54, 1.807) is 0 Å². The monoisotopic (exact) mass is 360 g/mol. The average Bonchev–Trinajstić information content (AvgIpc) is 2.99. The fourth-order valence-corrected chi connectivity index (χ4v) is 2.05. The molecule has 11 heteroatoms. The van der Waals surface area contributed by atoms with E-state index in [4.69, 9.17) is 9.26 Å². The molecule has 25 heavy (non-hydrogen) atoms. The van der Waals surface area contributed by atoms with E-state index in [2.05, 4.69) is 10.1 Å². The Morgan fingerprint density at radius 2 is 2.00 bits per heavy atom. The van der Waals surface area contributed by atoms with Gasteiger partial charge in [-0.2, -0.15) is 18.2 Å². The first-order valence-electron chi connectivity index (χ1n) is 7.14. The molecule has 2 aromatic rings. The maximum Gasteiger partial charge on any atom is 0.401 e. The molecule has 2 rings (SSSR count). The van der Waals surface area contributed by atoms with Gasteiger partial charge in [0.2, 0.25) is 11.7 Å². The molecule has 136 valence electrons. The minimum atomic E-state index is -4.37. The van der Waals surface area contributed by atoms with Gasteiger partial charge < -0.3 is 9.26 Å². The van der Waals surface area contributed by atoms with E-state index >= 15 is 0 Å². The molecule has 0 saturated carbocycles. The van der Waals surface area contributed by atoms with Gasteiger partial charge in [-0.15, -0.1) is 0 Å². The summed E-state index contributed by atoms with van der Waals surface area (Å²) in [6, 6.07) is 5.43. The summed E-state index contributed by atoms with van der Waals surface area (Å²) in [6.07, 6.45) is -4.37. The van der Waals surface area contributed by atoms with Crippen molar-refractivity contribution in [3.05, 3.63) is 40.3 Å². The van der Waals surface area contributed by atoms with Gasteiger partial charge in [0, 0.05) is 31.4 Å². The first-order chi connectivity index (χ1) is 11.8. The quantitative estimate of drug-likeness (QED) is 0.527.